The zero-order valence-corrected chi connectivity index (χ0v) is 16.8. The van der Waals surface area contributed by atoms with Gasteiger partial charge in [0.25, 0.3) is 0 Å². The highest BCUT2D eigenvalue weighted by Crippen LogP contribution is 2.25. The minimum atomic E-state index is 0.829. The topological polar surface area (TPSA) is 24.8 Å². The molecule has 0 bridgehead atoms. The first-order valence-corrected chi connectivity index (χ1v) is 10.0. The molecule has 2 rings (SSSR count). The van der Waals surface area contributed by atoms with Gasteiger partial charge < -0.3 is 9.64 Å². The monoisotopic (exact) mass is 366 g/mol. The van der Waals surface area contributed by atoms with Crippen LogP contribution in [0.25, 0.3) is 0 Å². The van der Waals surface area contributed by atoms with Crippen LogP contribution in [0.2, 0.25) is 0 Å². The first-order valence-electron chi connectivity index (χ1n) is 8.78. The summed E-state index contributed by atoms with van der Waals surface area (Å²) in [6, 6.07) is 16.0. The SMILES string of the molecule is CCCCC#Cc1ccccc1N(C)C(=Nc1ccc(OC)cc1)SC. The maximum absolute atomic E-state index is 5.21. The van der Waals surface area contributed by atoms with E-state index in [-0.39, 0.29) is 0 Å². The molecule has 136 valence electrons. The van der Waals surface area contributed by atoms with Crippen LogP contribution in [0.4, 0.5) is 11.4 Å². The molecule has 2 aromatic carbocycles. The minimum Gasteiger partial charge on any atom is -0.497 e. The molecule has 3 nitrogen and oxygen atoms in total. The molecule has 0 heterocycles. The Labute approximate surface area is 161 Å². The Morgan fingerprint density at radius 2 is 1.88 bits per heavy atom. The average Bonchev–Trinajstić information content (AvgIpc) is 2.69. The number of hydrogen-bond donors (Lipinski definition) is 0. The number of unbranched alkanes of at least 4 members (excludes halogenated alkanes) is 2. The van der Waals surface area contributed by atoms with Gasteiger partial charge in [-0.2, -0.15) is 0 Å². The van der Waals surface area contributed by atoms with Crippen molar-refractivity contribution in [3.63, 3.8) is 0 Å². The van der Waals surface area contributed by atoms with E-state index in [1.165, 1.54) is 6.42 Å². The maximum Gasteiger partial charge on any atom is 0.168 e. The summed E-state index contributed by atoms with van der Waals surface area (Å²) in [7, 11) is 3.70. The third kappa shape index (κ3) is 5.57. The van der Waals surface area contributed by atoms with Crippen LogP contribution in [-0.4, -0.2) is 25.6 Å². The molecule has 4 heteroatoms. The molecular formula is C22H26N2OS. The summed E-state index contributed by atoms with van der Waals surface area (Å²) in [5.74, 6) is 7.42. The summed E-state index contributed by atoms with van der Waals surface area (Å²) in [5, 5.41) is 0.915. The van der Waals surface area contributed by atoms with E-state index >= 15 is 0 Å². The normalized spacial score (nSPS) is 10.8. The lowest BCUT2D eigenvalue weighted by molar-refractivity contribution is 0.415. The van der Waals surface area contributed by atoms with Crippen LogP contribution >= 0.6 is 11.8 Å². The molecule has 0 amide bonds. The number of benzene rings is 2. The molecular weight excluding hydrogens is 340 g/mol. The zero-order valence-electron chi connectivity index (χ0n) is 16.0. The molecule has 0 radical (unpaired) electrons. The van der Waals surface area contributed by atoms with Crippen LogP contribution in [0.5, 0.6) is 5.75 Å². The van der Waals surface area contributed by atoms with Gasteiger partial charge in [0.1, 0.15) is 5.75 Å². The van der Waals surface area contributed by atoms with E-state index in [1.807, 2.05) is 49.7 Å². The van der Waals surface area contributed by atoms with Crippen molar-refractivity contribution in [1.82, 2.24) is 0 Å². The Hall–Kier alpha value is -2.38. The Morgan fingerprint density at radius 1 is 1.15 bits per heavy atom. The standard InChI is InChI=1S/C22H26N2OS/c1-5-6-7-8-11-18-12-9-10-13-21(18)24(2)22(26-4)23-19-14-16-20(25-3)17-15-19/h9-10,12-17H,5-7H2,1-4H3. The maximum atomic E-state index is 5.21. The number of nitrogens with zero attached hydrogens (tertiary/aromatic N) is 2. The Kier molecular flexibility index (Phi) is 8.11. The first kappa shape index (κ1) is 19.9. The molecule has 0 fully saturated rings. The molecule has 0 N–H and O–H groups in total. The second-order valence-corrected chi connectivity index (χ2v) is 6.55. The molecule has 0 aromatic heterocycles. The highest BCUT2D eigenvalue weighted by molar-refractivity contribution is 8.13. The number of ether oxygens (including phenoxy) is 1. The van der Waals surface area contributed by atoms with Crippen LogP contribution in [0.3, 0.4) is 0 Å². The molecule has 0 aliphatic rings. The van der Waals surface area contributed by atoms with Crippen LogP contribution in [0.1, 0.15) is 31.7 Å². The number of rotatable bonds is 5. The molecule has 0 spiro atoms. The summed E-state index contributed by atoms with van der Waals surface area (Å²) in [6.45, 7) is 2.18. The quantitative estimate of drug-likeness (QED) is 0.293. The van der Waals surface area contributed by atoms with E-state index in [4.69, 9.17) is 9.73 Å². The summed E-state index contributed by atoms with van der Waals surface area (Å²) in [5.41, 5.74) is 2.99. The molecule has 0 unspecified atom stereocenters. The molecule has 0 saturated carbocycles. The smallest absolute Gasteiger partial charge is 0.168 e. The highest BCUT2D eigenvalue weighted by Gasteiger charge is 2.11. The van der Waals surface area contributed by atoms with E-state index < -0.39 is 0 Å². The number of aliphatic imine (C=N–C) groups is 1. The summed E-state index contributed by atoms with van der Waals surface area (Å²) >= 11 is 1.61. The molecule has 0 aliphatic heterocycles. The van der Waals surface area contributed by atoms with Gasteiger partial charge in [-0.3, -0.25) is 0 Å². The predicted molar refractivity (Wildman–Crippen MR) is 115 cm³/mol. The second kappa shape index (κ2) is 10.6. The van der Waals surface area contributed by atoms with Crippen molar-refractivity contribution < 1.29 is 4.74 Å². The number of para-hydroxylation sites is 1. The summed E-state index contributed by atoms with van der Waals surface area (Å²) in [4.78, 5) is 6.88. The summed E-state index contributed by atoms with van der Waals surface area (Å²) < 4.78 is 5.21. The van der Waals surface area contributed by atoms with Crippen LogP contribution in [0, 0.1) is 11.8 Å². The fraction of sp³-hybridized carbons (Fsp3) is 0.318. The fourth-order valence-corrected chi connectivity index (χ4v) is 2.99. The van der Waals surface area contributed by atoms with Crippen LogP contribution in [0.15, 0.2) is 53.5 Å². The molecule has 0 aliphatic carbocycles. The van der Waals surface area contributed by atoms with Gasteiger partial charge in [-0.05, 0) is 49.1 Å². The van der Waals surface area contributed by atoms with Crippen LogP contribution < -0.4 is 9.64 Å². The van der Waals surface area contributed by atoms with Gasteiger partial charge in [-0.1, -0.05) is 49.1 Å². The molecule has 2 aromatic rings. The van der Waals surface area contributed by atoms with Gasteiger partial charge >= 0.3 is 0 Å². The van der Waals surface area contributed by atoms with Crippen molar-refractivity contribution >= 4 is 28.3 Å². The van der Waals surface area contributed by atoms with Gasteiger partial charge in [0.2, 0.25) is 0 Å². The lowest BCUT2D eigenvalue weighted by atomic mass is 10.1. The molecule has 0 atom stereocenters. The van der Waals surface area contributed by atoms with E-state index in [0.29, 0.717) is 0 Å². The predicted octanol–water partition coefficient (Wildman–Crippen LogP) is 5.72. The Balaban J connectivity index is 2.28. The number of methoxy groups -OCH3 is 1. The van der Waals surface area contributed by atoms with Crippen molar-refractivity contribution in [2.75, 3.05) is 25.3 Å². The molecule has 0 saturated heterocycles. The minimum absolute atomic E-state index is 0.829. The second-order valence-electron chi connectivity index (χ2n) is 5.78. The van der Waals surface area contributed by atoms with Crippen molar-refractivity contribution in [2.24, 2.45) is 4.99 Å². The first-order chi connectivity index (χ1) is 12.7. The van der Waals surface area contributed by atoms with E-state index in [1.54, 1.807) is 18.9 Å². The molecule has 26 heavy (non-hydrogen) atoms. The van der Waals surface area contributed by atoms with E-state index in [2.05, 4.69) is 35.8 Å². The zero-order chi connectivity index (χ0) is 18.8. The van der Waals surface area contributed by atoms with Gasteiger partial charge in [0, 0.05) is 19.0 Å². The van der Waals surface area contributed by atoms with Gasteiger partial charge in [0.05, 0.1) is 18.5 Å². The van der Waals surface area contributed by atoms with Gasteiger partial charge in [-0.25, -0.2) is 4.99 Å². The van der Waals surface area contributed by atoms with Crippen molar-refractivity contribution in [1.29, 1.82) is 0 Å². The third-order valence-corrected chi connectivity index (χ3v) is 4.64. The third-order valence-electron chi connectivity index (χ3n) is 3.91. The number of thioether (sulfide) groups is 1. The number of hydrogen-bond acceptors (Lipinski definition) is 3. The summed E-state index contributed by atoms with van der Waals surface area (Å²) in [6.07, 6.45) is 5.28. The van der Waals surface area contributed by atoms with E-state index in [0.717, 1.165) is 40.7 Å². The Morgan fingerprint density at radius 3 is 2.54 bits per heavy atom. The van der Waals surface area contributed by atoms with Crippen molar-refractivity contribution in [3.8, 4) is 17.6 Å². The highest BCUT2D eigenvalue weighted by atomic mass is 32.2. The van der Waals surface area contributed by atoms with Crippen molar-refractivity contribution in [3.05, 3.63) is 54.1 Å². The number of anilines is 1. The van der Waals surface area contributed by atoms with E-state index in [9.17, 15) is 0 Å². The number of amidine groups is 1. The fourth-order valence-electron chi connectivity index (χ4n) is 2.42. The lowest BCUT2D eigenvalue weighted by Crippen LogP contribution is -2.24. The average molecular weight is 367 g/mol. The van der Waals surface area contributed by atoms with Gasteiger partial charge in [0.15, 0.2) is 5.17 Å². The van der Waals surface area contributed by atoms with Gasteiger partial charge in [-0.15, -0.1) is 0 Å². The largest absolute Gasteiger partial charge is 0.497 e. The van der Waals surface area contributed by atoms with Crippen molar-refractivity contribution in [2.45, 2.75) is 26.2 Å². The Bertz CT molecular complexity index is 788. The lowest BCUT2D eigenvalue weighted by Gasteiger charge is -2.21. The van der Waals surface area contributed by atoms with Crippen LogP contribution in [-0.2, 0) is 0 Å².